The van der Waals surface area contributed by atoms with Crippen LogP contribution in [0.15, 0.2) is 60.2 Å². The lowest BCUT2D eigenvalue weighted by Crippen LogP contribution is -2.42. The van der Waals surface area contributed by atoms with E-state index in [4.69, 9.17) is 9.47 Å². The summed E-state index contributed by atoms with van der Waals surface area (Å²) in [5, 5.41) is 0. The fraction of sp³-hybridized carbons (Fsp3) is 0.190. The lowest BCUT2D eigenvalue weighted by molar-refractivity contribution is -0.146. The number of halogens is 1. The van der Waals surface area contributed by atoms with E-state index in [0.717, 1.165) is 11.1 Å². The molecule has 25 heavy (non-hydrogen) atoms. The summed E-state index contributed by atoms with van der Waals surface area (Å²) < 4.78 is 24.7. The first-order valence-electron chi connectivity index (χ1n) is 8.14. The summed E-state index contributed by atoms with van der Waals surface area (Å²) in [6, 6.07) is 13.4. The number of ether oxygens (including phenoxy) is 2. The molecule has 3 rings (SSSR count). The van der Waals surface area contributed by atoms with Crippen LogP contribution in [0.2, 0.25) is 0 Å². The summed E-state index contributed by atoms with van der Waals surface area (Å²) in [6.07, 6.45) is 4.90. The third-order valence-corrected chi connectivity index (χ3v) is 4.00. The molecule has 1 aliphatic heterocycles. The minimum absolute atomic E-state index is 0.213. The minimum Gasteiger partial charge on any atom is -0.458 e. The van der Waals surface area contributed by atoms with Gasteiger partial charge in [0.25, 0.3) is 0 Å². The summed E-state index contributed by atoms with van der Waals surface area (Å²) in [5.74, 6) is -0.993. The predicted molar refractivity (Wildman–Crippen MR) is 95.5 cm³/mol. The maximum absolute atomic E-state index is 13.0. The molecule has 0 bridgehead atoms. The van der Waals surface area contributed by atoms with E-state index in [1.165, 1.54) is 18.2 Å². The number of benzene rings is 2. The maximum atomic E-state index is 13.0. The first-order chi connectivity index (χ1) is 12.0. The molecule has 0 N–H and O–H groups in total. The van der Waals surface area contributed by atoms with Crippen LogP contribution in [0.25, 0.3) is 12.2 Å². The van der Waals surface area contributed by atoms with Gasteiger partial charge < -0.3 is 9.47 Å². The Bertz CT molecular complexity index is 836. The number of carbonyl (C=O) groups is 1. The van der Waals surface area contributed by atoms with Gasteiger partial charge in [-0.2, -0.15) is 0 Å². The number of hydrogen-bond donors (Lipinski definition) is 0. The summed E-state index contributed by atoms with van der Waals surface area (Å²) in [7, 11) is 0. The molecule has 0 aliphatic carbocycles. The quantitative estimate of drug-likeness (QED) is 0.745. The van der Waals surface area contributed by atoms with Crippen molar-refractivity contribution in [3.63, 3.8) is 0 Å². The zero-order chi connectivity index (χ0) is 17.9. The van der Waals surface area contributed by atoms with Crippen molar-refractivity contribution in [3.05, 3.63) is 77.1 Å². The fourth-order valence-corrected chi connectivity index (χ4v) is 2.76. The van der Waals surface area contributed by atoms with E-state index in [9.17, 15) is 9.18 Å². The molecule has 4 heteroatoms. The predicted octanol–water partition coefficient (Wildman–Crippen LogP) is 4.64. The molecule has 2 aromatic rings. The van der Waals surface area contributed by atoms with Crippen LogP contribution in [-0.4, -0.2) is 18.2 Å². The highest BCUT2D eigenvalue weighted by atomic mass is 19.1. The van der Waals surface area contributed by atoms with E-state index in [-0.39, 0.29) is 11.6 Å². The highest BCUT2D eigenvalue weighted by Gasteiger charge is 2.38. The van der Waals surface area contributed by atoms with Crippen molar-refractivity contribution in [2.24, 2.45) is 0 Å². The van der Waals surface area contributed by atoms with Crippen molar-refractivity contribution in [1.29, 1.82) is 0 Å². The van der Waals surface area contributed by atoms with Crippen LogP contribution in [0.5, 0.6) is 5.75 Å². The molecule has 0 aromatic heterocycles. The van der Waals surface area contributed by atoms with E-state index in [1.807, 2.05) is 31.2 Å². The third kappa shape index (κ3) is 3.69. The van der Waals surface area contributed by atoms with Crippen LogP contribution in [0.1, 0.15) is 25.0 Å². The molecule has 1 unspecified atom stereocenters. The normalized spacial score (nSPS) is 19.2. The van der Waals surface area contributed by atoms with E-state index < -0.39 is 5.79 Å². The van der Waals surface area contributed by atoms with Crippen LogP contribution >= 0.6 is 0 Å². The zero-order valence-electron chi connectivity index (χ0n) is 14.2. The highest BCUT2D eigenvalue weighted by molar-refractivity contribution is 6.10. The number of ketones is 1. The largest absolute Gasteiger partial charge is 0.458 e. The summed E-state index contributed by atoms with van der Waals surface area (Å²) in [6.45, 7) is 4.00. The van der Waals surface area contributed by atoms with Gasteiger partial charge in [0.1, 0.15) is 11.6 Å². The van der Waals surface area contributed by atoms with Crippen LogP contribution in [0, 0.1) is 5.82 Å². The van der Waals surface area contributed by atoms with Crippen molar-refractivity contribution in [2.75, 3.05) is 6.61 Å². The van der Waals surface area contributed by atoms with Gasteiger partial charge in [0.15, 0.2) is 5.78 Å². The summed E-state index contributed by atoms with van der Waals surface area (Å²) in [4.78, 5) is 12.7. The zero-order valence-corrected chi connectivity index (χ0v) is 14.2. The first-order valence-corrected chi connectivity index (χ1v) is 8.14. The highest BCUT2D eigenvalue weighted by Crippen LogP contribution is 2.37. The number of fused-ring (bicyclic) bond motifs is 1. The van der Waals surface area contributed by atoms with Crippen molar-refractivity contribution >= 4 is 17.9 Å². The van der Waals surface area contributed by atoms with Crippen LogP contribution in [0.3, 0.4) is 0 Å². The molecule has 0 spiro atoms. The number of carbonyl (C=O) groups excluding carboxylic acids is 1. The van der Waals surface area contributed by atoms with Gasteiger partial charge in [-0.1, -0.05) is 36.4 Å². The van der Waals surface area contributed by atoms with E-state index >= 15 is 0 Å². The second kappa shape index (κ2) is 7.03. The Morgan fingerprint density at radius 3 is 2.64 bits per heavy atom. The lowest BCUT2D eigenvalue weighted by atomic mass is 9.95. The number of hydrogen-bond acceptors (Lipinski definition) is 3. The Morgan fingerprint density at radius 1 is 1.20 bits per heavy atom. The van der Waals surface area contributed by atoms with Crippen molar-refractivity contribution < 1.29 is 18.7 Å². The Balaban J connectivity index is 1.92. The average molecular weight is 338 g/mol. The van der Waals surface area contributed by atoms with Gasteiger partial charge in [-0.25, -0.2) is 4.39 Å². The molecule has 0 radical (unpaired) electrons. The molecule has 1 atom stereocenters. The Hall–Kier alpha value is -2.72. The third-order valence-electron chi connectivity index (χ3n) is 4.00. The molecular weight excluding hydrogens is 319 g/mol. The molecule has 0 fully saturated rings. The molecule has 1 aliphatic rings. The van der Waals surface area contributed by atoms with Gasteiger partial charge in [0.05, 0.1) is 5.57 Å². The standard InChI is InChI=1S/C21H19FO3/c1-3-24-21(2)18(14-16-6-4-5-7-20(16)25-21)19(23)13-10-15-8-11-17(22)12-9-15/h4-14H,3H2,1-2H3/b13-10+. The number of rotatable bonds is 5. The Labute approximate surface area is 146 Å². The smallest absolute Gasteiger partial charge is 0.238 e. The minimum atomic E-state index is -1.15. The van der Waals surface area contributed by atoms with Crippen LogP contribution in [0.4, 0.5) is 4.39 Å². The van der Waals surface area contributed by atoms with Gasteiger partial charge in [-0.15, -0.1) is 0 Å². The molecule has 3 nitrogen and oxygen atoms in total. The molecule has 2 aromatic carbocycles. The van der Waals surface area contributed by atoms with Gasteiger partial charge in [0, 0.05) is 19.1 Å². The maximum Gasteiger partial charge on any atom is 0.238 e. The van der Waals surface area contributed by atoms with Gasteiger partial charge >= 0.3 is 0 Å². The van der Waals surface area contributed by atoms with Crippen LogP contribution in [-0.2, 0) is 9.53 Å². The summed E-state index contributed by atoms with van der Waals surface area (Å²) >= 11 is 0. The second-order valence-corrected chi connectivity index (χ2v) is 5.83. The van der Waals surface area contributed by atoms with Crippen LogP contribution < -0.4 is 4.74 Å². The molecular formula is C21H19FO3. The van der Waals surface area contributed by atoms with E-state index in [2.05, 4.69) is 0 Å². The second-order valence-electron chi connectivity index (χ2n) is 5.83. The molecule has 0 amide bonds. The topological polar surface area (TPSA) is 35.5 Å². The van der Waals surface area contributed by atoms with Gasteiger partial charge in [-0.3, -0.25) is 4.79 Å². The number of para-hydroxylation sites is 1. The van der Waals surface area contributed by atoms with E-state index in [0.29, 0.717) is 17.9 Å². The van der Waals surface area contributed by atoms with Crippen molar-refractivity contribution in [1.82, 2.24) is 0 Å². The molecule has 1 heterocycles. The SMILES string of the molecule is CCOC1(C)Oc2ccccc2C=C1C(=O)/C=C/c1ccc(F)cc1. The Morgan fingerprint density at radius 2 is 1.92 bits per heavy atom. The Kier molecular flexibility index (Phi) is 4.81. The fourth-order valence-electron chi connectivity index (χ4n) is 2.76. The average Bonchev–Trinajstić information content (AvgIpc) is 2.60. The molecule has 0 saturated carbocycles. The van der Waals surface area contributed by atoms with Gasteiger partial charge in [-0.05, 0) is 42.8 Å². The first kappa shape index (κ1) is 17.1. The van der Waals surface area contributed by atoms with Crippen molar-refractivity contribution in [2.45, 2.75) is 19.6 Å². The summed E-state index contributed by atoms with van der Waals surface area (Å²) in [5.41, 5.74) is 2.00. The van der Waals surface area contributed by atoms with Crippen molar-refractivity contribution in [3.8, 4) is 5.75 Å². The van der Waals surface area contributed by atoms with Gasteiger partial charge in [0.2, 0.25) is 5.79 Å². The number of allylic oxidation sites excluding steroid dienone is 1. The molecule has 0 saturated heterocycles. The lowest BCUT2D eigenvalue weighted by Gasteiger charge is -2.35. The van der Waals surface area contributed by atoms with E-state index in [1.54, 1.807) is 31.2 Å². The monoisotopic (exact) mass is 338 g/mol. The molecule has 128 valence electrons.